The highest BCUT2D eigenvalue weighted by molar-refractivity contribution is 4.89. The van der Waals surface area contributed by atoms with Crippen molar-refractivity contribution in [2.45, 2.75) is 58.5 Å². The Labute approximate surface area is 91.0 Å². The molecule has 86 valence electrons. The van der Waals surface area contributed by atoms with E-state index in [0.29, 0.717) is 6.04 Å². The Morgan fingerprint density at radius 1 is 1.33 bits per heavy atom. The highest BCUT2D eigenvalue weighted by atomic mass is 15.6. The maximum Gasteiger partial charge on any atom is 0.167 e. The highest BCUT2D eigenvalue weighted by Gasteiger charge is 2.15. The Morgan fingerprint density at radius 2 is 2.07 bits per heavy atom. The molecule has 2 N–H and O–H groups in total. The van der Waals surface area contributed by atoms with Crippen LogP contribution in [0, 0.1) is 0 Å². The molecule has 15 heavy (non-hydrogen) atoms. The molecule has 1 aromatic heterocycles. The second kappa shape index (κ2) is 5.80. The molecule has 0 radical (unpaired) electrons. The first-order chi connectivity index (χ1) is 7.16. The summed E-state index contributed by atoms with van der Waals surface area (Å²) >= 11 is 0. The van der Waals surface area contributed by atoms with Gasteiger partial charge in [0.15, 0.2) is 5.82 Å². The SMILES string of the molecule is CCCCCC(C)n1nnnc1C(C)N. The van der Waals surface area contributed by atoms with Gasteiger partial charge in [0.2, 0.25) is 0 Å². The first-order valence-corrected chi connectivity index (χ1v) is 5.70. The molecule has 0 amide bonds. The average Bonchev–Trinajstić information content (AvgIpc) is 2.66. The summed E-state index contributed by atoms with van der Waals surface area (Å²) in [5.41, 5.74) is 5.79. The summed E-state index contributed by atoms with van der Waals surface area (Å²) in [5, 5.41) is 11.6. The van der Waals surface area contributed by atoms with Gasteiger partial charge in [-0.3, -0.25) is 0 Å². The van der Waals surface area contributed by atoms with Crippen molar-refractivity contribution >= 4 is 0 Å². The van der Waals surface area contributed by atoms with Gasteiger partial charge in [-0.2, -0.15) is 0 Å². The fourth-order valence-corrected chi connectivity index (χ4v) is 1.63. The van der Waals surface area contributed by atoms with Gasteiger partial charge in [0.1, 0.15) is 0 Å². The van der Waals surface area contributed by atoms with E-state index in [1.54, 1.807) is 0 Å². The third-order valence-corrected chi connectivity index (χ3v) is 2.57. The van der Waals surface area contributed by atoms with Crippen molar-refractivity contribution in [3.8, 4) is 0 Å². The maximum absolute atomic E-state index is 5.79. The van der Waals surface area contributed by atoms with Gasteiger partial charge in [-0.05, 0) is 30.7 Å². The lowest BCUT2D eigenvalue weighted by molar-refractivity contribution is 0.408. The predicted molar refractivity (Wildman–Crippen MR) is 59.3 cm³/mol. The molecule has 0 aliphatic carbocycles. The molecule has 0 spiro atoms. The number of nitrogens with two attached hydrogens (primary N) is 1. The molecule has 2 atom stereocenters. The van der Waals surface area contributed by atoms with Crippen molar-refractivity contribution in [2.24, 2.45) is 5.73 Å². The van der Waals surface area contributed by atoms with Crippen LogP contribution >= 0.6 is 0 Å². The minimum Gasteiger partial charge on any atom is -0.322 e. The van der Waals surface area contributed by atoms with E-state index in [9.17, 15) is 0 Å². The molecule has 1 heterocycles. The van der Waals surface area contributed by atoms with Gasteiger partial charge in [0, 0.05) is 0 Å². The minimum atomic E-state index is -0.103. The van der Waals surface area contributed by atoms with E-state index >= 15 is 0 Å². The topological polar surface area (TPSA) is 69.6 Å². The number of nitrogens with zero attached hydrogens (tertiary/aromatic N) is 4. The summed E-state index contributed by atoms with van der Waals surface area (Å²) in [5.74, 6) is 0.777. The number of hydrogen-bond donors (Lipinski definition) is 1. The molecule has 5 nitrogen and oxygen atoms in total. The fourth-order valence-electron chi connectivity index (χ4n) is 1.63. The van der Waals surface area contributed by atoms with Crippen molar-refractivity contribution in [1.82, 2.24) is 20.2 Å². The van der Waals surface area contributed by atoms with Crippen LogP contribution in [0.4, 0.5) is 0 Å². The van der Waals surface area contributed by atoms with Gasteiger partial charge in [0.25, 0.3) is 0 Å². The van der Waals surface area contributed by atoms with Crippen LogP contribution in [-0.4, -0.2) is 20.2 Å². The fraction of sp³-hybridized carbons (Fsp3) is 0.900. The van der Waals surface area contributed by atoms with E-state index in [1.807, 2.05) is 11.6 Å². The first-order valence-electron chi connectivity index (χ1n) is 5.70. The molecule has 5 heteroatoms. The second-order valence-electron chi connectivity index (χ2n) is 4.12. The largest absolute Gasteiger partial charge is 0.322 e. The lowest BCUT2D eigenvalue weighted by Crippen LogP contribution is -2.17. The molecular formula is C10H21N5. The van der Waals surface area contributed by atoms with Crippen LogP contribution in [0.5, 0.6) is 0 Å². The lowest BCUT2D eigenvalue weighted by atomic mass is 10.1. The molecule has 1 aromatic rings. The van der Waals surface area contributed by atoms with Gasteiger partial charge in [-0.1, -0.05) is 26.2 Å². The van der Waals surface area contributed by atoms with Crippen LogP contribution in [0.1, 0.15) is 64.4 Å². The summed E-state index contributed by atoms with van der Waals surface area (Å²) < 4.78 is 1.85. The average molecular weight is 211 g/mol. The summed E-state index contributed by atoms with van der Waals surface area (Å²) in [6.45, 7) is 6.24. The zero-order valence-electron chi connectivity index (χ0n) is 9.85. The molecule has 0 bridgehead atoms. The molecule has 0 fully saturated rings. The third-order valence-electron chi connectivity index (χ3n) is 2.57. The summed E-state index contributed by atoms with van der Waals surface area (Å²) in [4.78, 5) is 0. The van der Waals surface area contributed by atoms with Crippen LogP contribution in [-0.2, 0) is 0 Å². The first kappa shape index (κ1) is 12.1. The van der Waals surface area contributed by atoms with Crippen molar-refractivity contribution in [3.63, 3.8) is 0 Å². The lowest BCUT2D eigenvalue weighted by Gasteiger charge is -2.14. The molecule has 0 saturated carbocycles. The number of hydrogen-bond acceptors (Lipinski definition) is 4. The zero-order chi connectivity index (χ0) is 11.3. The second-order valence-corrected chi connectivity index (χ2v) is 4.12. The minimum absolute atomic E-state index is 0.103. The molecular weight excluding hydrogens is 190 g/mol. The quantitative estimate of drug-likeness (QED) is 0.729. The van der Waals surface area contributed by atoms with E-state index < -0.39 is 0 Å². The Kier molecular flexibility index (Phi) is 4.68. The Hall–Kier alpha value is -0.970. The monoisotopic (exact) mass is 211 g/mol. The van der Waals surface area contributed by atoms with Crippen LogP contribution < -0.4 is 5.73 Å². The highest BCUT2D eigenvalue weighted by Crippen LogP contribution is 2.17. The van der Waals surface area contributed by atoms with Gasteiger partial charge in [-0.25, -0.2) is 4.68 Å². The normalized spacial score (nSPS) is 15.2. The van der Waals surface area contributed by atoms with Crippen molar-refractivity contribution in [3.05, 3.63) is 5.82 Å². The summed E-state index contributed by atoms with van der Waals surface area (Å²) in [6.07, 6.45) is 4.83. The molecule has 0 aliphatic heterocycles. The molecule has 0 aliphatic rings. The molecule has 0 aromatic carbocycles. The summed E-state index contributed by atoms with van der Waals surface area (Å²) in [6, 6.07) is 0.237. The third kappa shape index (κ3) is 3.27. The van der Waals surface area contributed by atoms with E-state index in [2.05, 4.69) is 29.4 Å². The van der Waals surface area contributed by atoms with Crippen molar-refractivity contribution in [2.75, 3.05) is 0 Å². The maximum atomic E-state index is 5.79. The van der Waals surface area contributed by atoms with Crippen molar-refractivity contribution < 1.29 is 0 Å². The molecule has 0 saturated heterocycles. The number of aromatic nitrogens is 4. The van der Waals surface area contributed by atoms with Gasteiger partial charge in [-0.15, -0.1) is 5.10 Å². The Balaban J connectivity index is 2.56. The van der Waals surface area contributed by atoms with E-state index in [1.165, 1.54) is 19.3 Å². The van der Waals surface area contributed by atoms with Crippen LogP contribution in [0.15, 0.2) is 0 Å². The number of tetrazole rings is 1. The van der Waals surface area contributed by atoms with Crippen LogP contribution in [0.25, 0.3) is 0 Å². The van der Waals surface area contributed by atoms with Crippen LogP contribution in [0.2, 0.25) is 0 Å². The summed E-state index contributed by atoms with van der Waals surface area (Å²) in [7, 11) is 0. The standard InChI is InChI=1S/C10H21N5/c1-4-5-6-7-8(2)15-10(9(3)11)12-13-14-15/h8-9H,4-7,11H2,1-3H3. The molecule has 2 unspecified atom stereocenters. The van der Waals surface area contributed by atoms with Crippen molar-refractivity contribution in [1.29, 1.82) is 0 Å². The van der Waals surface area contributed by atoms with Gasteiger partial charge >= 0.3 is 0 Å². The van der Waals surface area contributed by atoms with Crippen LogP contribution in [0.3, 0.4) is 0 Å². The zero-order valence-corrected chi connectivity index (χ0v) is 9.85. The van der Waals surface area contributed by atoms with Gasteiger partial charge < -0.3 is 5.73 Å². The number of rotatable bonds is 6. The Morgan fingerprint density at radius 3 is 2.67 bits per heavy atom. The van der Waals surface area contributed by atoms with E-state index in [0.717, 1.165) is 12.2 Å². The van der Waals surface area contributed by atoms with Gasteiger partial charge in [0.05, 0.1) is 12.1 Å². The van der Waals surface area contributed by atoms with E-state index in [-0.39, 0.29) is 6.04 Å². The predicted octanol–water partition coefficient (Wildman–Crippen LogP) is 1.83. The molecule has 1 rings (SSSR count). The Bertz CT molecular complexity index is 281. The van der Waals surface area contributed by atoms with E-state index in [4.69, 9.17) is 5.73 Å². The number of unbranched alkanes of at least 4 members (excludes halogenated alkanes) is 2. The smallest absolute Gasteiger partial charge is 0.167 e.